The Balaban J connectivity index is 1.16. The summed E-state index contributed by atoms with van der Waals surface area (Å²) < 4.78 is 25.4. The van der Waals surface area contributed by atoms with Crippen LogP contribution in [0.5, 0.6) is 11.5 Å². The Morgan fingerprint density at radius 2 is 0.885 bits per heavy atom. The molecule has 0 saturated carbocycles. The van der Waals surface area contributed by atoms with Gasteiger partial charge in [-0.2, -0.15) is 0 Å². The van der Waals surface area contributed by atoms with E-state index in [-0.39, 0.29) is 25.2 Å². The fraction of sp³-hybridized carbons (Fsp3) is 0.217. The maximum absolute atomic E-state index is 13.4. The molecule has 7 aromatic rings. The minimum Gasteiger partial charge on any atom is -0.488 e. The lowest BCUT2D eigenvalue weighted by Gasteiger charge is -2.23. The Morgan fingerprint density at radius 3 is 1.31 bits per heavy atom. The Hall–Kier alpha value is -5.88. The van der Waals surface area contributed by atoms with Gasteiger partial charge in [-0.25, -0.2) is 9.59 Å². The highest BCUT2D eigenvalue weighted by atomic mass is 16.6. The van der Waals surface area contributed by atoms with E-state index in [2.05, 4.69) is 36.4 Å². The van der Waals surface area contributed by atoms with Crippen molar-refractivity contribution in [2.24, 2.45) is 0 Å². The molecule has 262 valence electrons. The standard InChI is InChI=1S/C46H42O6/c1-5-33(51-45(47)39-19-11-15-31-13-7-9-17-35(31)39)27-49-43-37-23-21-30(4)26-42(37)44(38-24-22-29(3)25-41(38)43)50-28-34(6-2)52-46(48)40-20-12-16-32-14-8-10-18-36(32)40/h7-26,33-34H,5-6,27-28H2,1-4H3. The Labute approximate surface area is 303 Å². The van der Waals surface area contributed by atoms with E-state index in [1.807, 2.05) is 100 Å². The number of carbonyl (C=O) groups excluding carboxylic acids is 2. The summed E-state index contributed by atoms with van der Waals surface area (Å²) in [4.78, 5) is 26.8. The van der Waals surface area contributed by atoms with Gasteiger partial charge in [0.2, 0.25) is 0 Å². The molecule has 7 rings (SSSR count). The minimum atomic E-state index is -0.468. The first-order valence-electron chi connectivity index (χ1n) is 17.9. The Morgan fingerprint density at radius 1 is 0.481 bits per heavy atom. The number of ether oxygens (including phenoxy) is 4. The van der Waals surface area contributed by atoms with Crippen LogP contribution >= 0.6 is 0 Å². The van der Waals surface area contributed by atoms with Crippen molar-refractivity contribution in [1.29, 1.82) is 0 Å². The molecule has 0 N–H and O–H groups in total. The van der Waals surface area contributed by atoms with Crippen LogP contribution in [-0.2, 0) is 9.47 Å². The highest BCUT2D eigenvalue weighted by Gasteiger charge is 2.23. The maximum atomic E-state index is 13.4. The van der Waals surface area contributed by atoms with Crippen LogP contribution < -0.4 is 9.47 Å². The third kappa shape index (κ3) is 7.02. The average Bonchev–Trinajstić information content (AvgIpc) is 3.17. The lowest BCUT2D eigenvalue weighted by molar-refractivity contribution is 0.0161. The number of carbonyl (C=O) groups is 2. The molecule has 0 bridgehead atoms. The summed E-state index contributed by atoms with van der Waals surface area (Å²) in [5.74, 6) is 0.665. The van der Waals surface area contributed by atoms with Gasteiger partial charge in [0.25, 0.3) is 0 Å². The van der Waals surface area contributed by atoms with Crippen LogP contribution in [0.3, 0.4) is 0 Å². The van der Waals surface area contributed by atoms with Gasteiger partial charge in [-0.1, -0.05) is 122 Å². The summed E-state index contributed by atoms with van der Waals surface area (Å²) in [5, 5.41) is 7.24. The third-order valence-electron chi connectivity index (χ3n) is 9.63. The summed E-state index contributed by atoms with van der Waals surface area (Å²) in [6.07, 6.45) is 0.234. The van der Waals surface area contributed by atoms with Crippen molar-refractivity contribution in [1.82, 2.24) is 0 Å². The first-order chi connectivity index (χ1) is 25.3. The molecule has 0 heterocycles. The van der Waals surface area contributed by atoms with Gasteiger partial charge in [0.05, 0.1) is 11.1 Å². The topological polar surface area (TPSA) is 71.1 Å². The van der Waals surface area contributed by atoms with Crippen LogP contribution in [0.25, 0.3) is 43.1 Å². The maximum Gasteiger partial charge on any atom is 0.339 e. The summed E-state index contributed by atoms with van der Waals surface area (Å²) in [6.45, 7) is 8.43. The second-order valence-corrected chi connectivity index (χ2v) is 13.3. The highest BCUT2D eigenvalue weighted by molar-refractivity contribution is 6.11. The molecule has 0 fully saturated rings. The number of hydrogen-bond acceptors (Lipinski definition) is 6. The normalized spacial score (nSPS) is 12.5. The molecule has 0 aliphatic carbocycles. The van der Waals surface area contributed by atoms with Crippen LogP contribution in [-0.4, -0.2) is 37.4 Å². The summed E-state index contributed by atoms with van der Waals surface area (Å²) in [5.41, 5.74) is 3.21. The van der Waals surface area contributed by atoms with Crippen LogP contribution in [0.4, 0.5) is 0 Å². The minimum absolute atomic E-state index is 0.182. The molecule has 0 aliphatic heterocycles. The Bertz CT molecular complexity index is 2250. The number of fused-ring (bicyclic) bond motifs is 4. The molecule has 0 aliphatic rings. The molecule has 2 atom stereocenters. The lowest BCUT2D eigenvalue weighted by Crippen LogP contribution is -2.25. The lowest BCUT2D eigenvalue weighted by atomic mass is 9.97. The van der Waals surface area contributed by atoms with Crippen molar-refractivity contribution in [3.8, 4) is 11.5 Å². The van der Waals surface area contributed by atoms with Crippen molar-refractivity contribution in [2.45, 2.75) is 52.7 Å². The molecule has 2 unspecified atom stereocenters. The first-order valence-corrected chi connectivity index (χ1v) is 17.9. The smallest absolute Gasteiger partial charge is 0.339 e. The van der Waals surface area contributed by atoms with Gasteiger partial charge in [0.15, 0.2) is 0 Å². The summed E-state index contributed by atoms with van der Waals surface area (Å²) in [7, 11) is 0. The van der Waals surface area contributed by atoms with E-state index in [4.69, 9.17) is 18.9 Å². The third-order valence-corrected chi connectivity index (χ3v) is 9.63. The highest BCUT2D eigenvalue weighted by Crippen LogP contribution is 2.44. The van der Waals surface area contributed by atoms with E-state index in [1.165, 1.54) is 0 Å². The molecule has 0 amide bonds. The molecule has 0 aromatic heterocycles. The van der Waals surface area contributed by atoms with Gasteiger partial charge >= 0.3 is 11.9 Å². The monoisotopic (exact) mass is 690 g/mol. The molecule has 0 spiro atoms. The molecule has 6 heteroatoms. The van der Waals surface area contributed by atoms with E-state index in [1.54, 1.807) is 12.1 Å². The van der Waals surface area contributed by atoms with Crippen molar-refractivity contribution in [2.75, 3.05) is 13.2 Å². The van der Waals surface area contributed by atoms with Crippen molar-refractivity contribution < 1.29 is 28.5 Å². The van der Waals surface area contributed by atoms with Crippen LogP contribution in [0.15, 0.2) is 121 Å². The van der Waals surface area contributed by atoms with Gasteiger partial charge < -0.3 is 18.9 Å². The summed E-state index contributed by atoms with van der Waals surface area (Å²) in [6, 6.07) is 39.3. The van der Waals surface area contributed by atoms with Gasteiger partial charge in [-0.3, -0.25) is 0 Å². The van der Waals surface area contributed by atoms with Crippen LogP contribution in [0.1, 0.15) is 58.5 Å². The van der Waals surface area contributed by atoms with Crippen LogP contribution in [0, 0.1) is 13.8 Å². The zero-order chi connectivity index (χ0) is 36.2. The van der Waals surface area contributed by atoms with Crippen molar-refractivity contribution >= 4 is 55.0 Å². The van der Waals surface area contributed by atoms with E-state index >= 15 is 0 Å². The number of rotatable bonds is 12. The van der Waals surface area contributed by atoms with E-state index in [9.17, 15) is 9.59 Å². The quantitative estimate of drug-likeness (QED) is 0.0939. The fourth-order valence-electron chi connectivity index (χ4n) is 6.75. The predicted molar refractivity (Wildman–Crippen MR) is 209 cm³/mol. The molecule has 7 aromatic carbocycles. The average molecular weight is 691 g/mol. The predicted octanol–water partition coefficient (Wildman–Crippen LogP) is 10.9. The molecular weight excluding hydrogens is 649 g/mol. The SMILES string of the molecule is CCC(COc1c2ccc(C)cc2c(OCC(CC)OC(=O)c2cccc3ccccc23)c2ccc(C)cc12)OC(=O)c1cccc2ccccc12. The fourth-order valence-corrected chi connectivity index (χ4v) is 6.75. The second-order valence-electron chi connectivity index (χ2n) is 13.3. The zero-order valence-corrected chi connectivity index (χ0v) is 30.0. The number of aryl methyl sites for hydroxylation is 2. The molecule has 52 heavy (non-hydrogen) atoms. The molecule has 0 radical (unpaired) electrons. The van der Waals surface area contributed by atoms with E-state index < -0.39 is 12.2 Å². The zero-order valence-electron chi connectivity index (χ0n) is 30.0. The van der Waals surface area contributed by atoms with Gasteiger partial charge in [0.1, 0.15) is 36.9 Å². The number of benzene rings is 7. The van der Waals surface area contributed by atoms with Crippen molar-refractivity contribution in [3.05, 3.63) is 144 Å². The van der Waals surface area contributed by atoms with E-state index in [0.29, 0.717) is 35.5 Å². The van der Waals surface area contributed by atoms with Gasteiger partial charge in [-0.15, -0.1) is 0 Å². The molecule has 6 nitrogen and oxygen atoms in total. The largest absolute Gasteiger partial charge is 0.488 e. The second kappa shape index (κ2) is 15.2. The van der Waals surface area contributed by atoms with Crippen LogP contribution in [0.2, 0.25) is 0 Å². The molecular formula is C46H42O6. The number of hydrogen-bond donors (Lipinski definition) is 0. The Kier molecular flexibility index (Phi) is 10.1. The van der Waals surface area contributed by atoms with Crippen molar-refractivity contribution in [3.63, 3.8) is 0 Å². The summed E-state index contributed by atoms with van der Waals surface area (Å²) >= 11 is 0. The van der Waals surface area contributed by atoms with Gasteiger partial charge in [-0.05, 0) is 72.5 Å². The first kappa shape index (κ1) is 34.6. The number of esters is 2. The van der Waals surface area contributed by atoms with E-state index in [0.717, 1.165) is 54.2 Å². The van der Waals surface area contributed by atoms with Gasteiger partial charge in [0, 0.05) is 21.5 Å². The molecule has 0 saturated heterocycles.